The minimum absolute atomic E-state index is 1.21. The molecule has 0 atom stereocenters. The summed E-state index contributed by atoms with van der Waals surface area (Å²) in [7, 11) is 2.18. The van der Waals surface area contributed by atoms with E-state index in [1.54, 1.807) is 0 Å². The summed E-state index contributed by atoms with van der Waals surface area (Å²) in [5.41, 5.74) is 4.27. The third kappa shape index (κ3) is 2.11. The summed E-state index contributed by atoms with van der Waals surface area (Å²) in [4.78, 5) is 0. The van der Waals surface area contributed by atoms with Gasteiger partial charge in [0.15, 0.2) is 0 Å². The number of hydrogen-bond acceptors (Lipinski definition) is 0. The average Bonchev–Trinajstić information content (AvgIpc) is 1.98. The summed E-state index contributed by atoms with van der Waals surface area (Å²) in [6.45, 7) is 4.38. The van der Waals surface area contributed by atoms with Crippen LogP contribution in [0.5, 0.6) is 0 Å². The molecule has 0 aliphatic carbocycles. The molecular weight excluding hydrogens is 131 g/mol. The zero-order chi connectivity index (χ0) is 8.27. The molecule has 0 amide bonds. The van der Waals surface area contributed by atoms with Gasteiger partial charge in [0, 0.05) is 0 Å². The third-order valence-corrected chi connectivity index (χ3v) is 2.11. The Morgan fingerprint density at radius 2 is 2.09 bits per heavy atom. The van der Waals surface area contributed by atoms with Crippen LogP contribution < -0.4 is 5.46 Å². The second-order valence-electron chi connectivity index (χ2n) is 3.17. The number of hydrogen-bond donors (Lipinski definition) is 0. The van der Waals surface area contributed by atoms with Crippen molar-refractivity contribution < 1.29 is 0 Å². The van der Waals surface area contributed by atoms with E-state index in [1.165, 1.54) is 29.4 Å². The van der Waals surface area contributed by atoms with Crippen molar-refractivity contribution in [3.8, 4) is 0 Å². The second-order valence-corrected chi connectivity index (χ2v) is 3.17. The molecule has 11 heavy (non-hydrogen) atoms. The van der Waals surface area contributed by atoms with Gasteiger partial charge in [0.05, 0.1) is 0 Å². The van der Waals surface area contributed by atoms with Gasteiger partial charge in [0.2, 0.25) is 0 Å². The topological polar surface area (TPSA) is 0 Å². The first-order chi connectivity index (χ1) is 5.24. The Bertz CT molecular complexity index is 241. The Morgan fingerprint density at radius 3 is 2.64 bits per heavy atom. The van der Waals surface area contributed by atoms with Crippen LogP contribution in [0.25, 0.3) is 0 Å². The fourth-order valence-corrected chi connectivity index (χ4v) is 1.25. The fourth-order valence-electron chi connectivity index (χ4n) is 1.25. The second kappa shape index (κ2) is 3.61. The molecule has 1 rings (SSSR count). The molecule has 0 radical (unpaired) electrons. The smallest absolute Gasteiger partial charge is 0.0858 e. The van der Waals surface area contributed by atoms with Crippen molar-refractivity contribution in [2.45, 2.75) is 26.7 Å². The Kier molecular flexibility index (Phi) is 2.75. The van der Waals surface area contributed by atoms with Crippen LogP contribution >= 0.6 is 0 Å². The molecule has 0 saturated carbocycles. The zero-order valence-corrected chi connectivity index (χ0v) is 7.65. The van der Waals surface area contributed by atoms with Crippen molar-refractivity contribution in [2.75, 3.05) is 0 Å². The Morgan fingerprint density at radius 1 is 1.36 bits per heavy atom. The van der Waals surface area contributed by atoms with Crippen molar-refractivity contribution in [3.05, 3.63) is 29.3 Å². The molecule has 0 bridgehead atoms. The molecule has 1 aromatic carbocycles. The lowest BCUT2D eigenvalue weighted by atomic mass is 9.89. The molecule has 0 aromatic heterocycles. The quantitative estimate of drug-likeness (QED) is 0.550. The highest BCUT2D eigenvalue weighted by atomic mass is 14.0. The van der Waals surface area contributed by atoms with Gasteiger partial charge in [-0.05, 0) is 18.9 Å². The van der Waals surface area contributed by atoms with Gasteiger partial charge < -0.3 is 0 Å². The summed E-state index contributed by atoms with van der Waals surface area (Å²) in [6.07, 6.45) is 2.45. The molecular formula is C10H15B. The van der Waals surface area contributed by atoms with Crippen molar-refractivity contribution in [1.29, 1.82) is 0 Å². The van der Waals surface area contributed by atoms with Crippen LogP contribution in [0.2, 0.25) is 0 Å². The van der Waals surface area contributed by atoms with Crippen LogP contribution in [0.3, 0.4) is 0 Å². The molecule has 1 heteroatoms. The number of rotatable bonds is 2. The summed E-state index contributed by atoms with van der Waals surface area (Å²) in [5.74, 6) is 0. The predicted molar refractivity (Wildman–Crippen MR) is 53.4 cm³/mol. The molecule has 1 aromatic rings. The summed E-state index contributed by atoms with van der Waals surface area (Å²) in [5, 5.41) is 0. The minimum Gasteiger partial charge on any atom is -0.0858 e. The minimum atomic E-state index is 1.21. The van der Waals surface area contributed by atoms with E-state index in [4.69, 9.17) is 0 Å². The Hall–Kier alpha value is -0.715. The maximum absolute atomic E-state index is 2.29. The first kappa shape index (κ1) is 8.38. The van der Waals surface area contributed by atoms with Gasteiger partial charge in [0.1, 0.15) is 7.85 Å². The van der Waals surface area contributed by atoms with Crippen molar-refractivity contribution >= 4 is 13.3 Å². The highest BCUT2D eigenvalue weighted by Crippen LogP contribution is 2.02. The van der Waals surface area contributed by atoms with Crippen LogP contribution in [0.15, 0.2) is 18.2 Å². The molecule has 0 aliphatic rings. The average molecular weight is 146 g/mol. The van der Waals surface area contributed by atoms with Gasteiger partial charge in [-0.15, -0.1) is 0 Å². The number of aryl methyl sites for hydroxylation is 2. The van der Waals surface area contributed by atoms with Gasteiger partial charge in [-0.2, -0.15) is 0 Å². The summed E-state index contributed by atoms with van der Waals surface area (Å²) >= 11 is 0. The summed E-state index contributed by atoms with van der Waals surface area (Å²) < 4.78 is 0. The third-order valence-electron chi connectivity index (χ3n) is 2.11. The standard InChI is InChI=1S/C10H15B/c1-3-4-9-6-5-8(2)10(11)7-9/h5-7H,3-4,11H2,1-2H3. The Balaban J connectivity index is 2.86. The van der Waals surface area contributed by atoms with Gasteiger partial charge >= 0.3 is 0 Å². The van der Waals surface area contributed by atoms with Crippen LogP contribution in [-0.4, -0.2) is 7.85 Å². The normalized spacial score (nSPS) is 10.0. The maximum Gasteiger partial charge on any atom is 0.139 e. The molecule has 0 fully saturated rings. The summed E-state index contributed by atoms with van der Waals surface area (Å²) in [6, 6.07) is 6.73. The van der Waals surface area contributed by atoms with E-state index in [-0.39, 0.29) is 0 Å². The van der Waals surface area contributed by atoms with Crippen molar-refractivity contribution in [2.24, 2.45) is 0 Å². The monoisotopic (exact) mass is 146 g/mol. The lowest BCUT2D eigenvalue weighted by Gasteiger charge is -2.02. The predicted octanol–water partition coefficient (Wildman–Crippen LogP) is 1.21. The fraction of sp³-hybridized carbons (Fsp3) is 0.400. The lowest BCUT2D eigenvalue weighted by molar-refractivity contribution is 0.922. The van der Waals surface area contributed by atoms with Crippen molar-refractivity contribution in [3.63, 3.8) is 0 Å². The molecule has 0 saturated heterocycles. The van der Waals surface area contributed by atoms with Crippen LogP contribution in [-0.2, 0) is 6.42 Å². The lowest BCUT2D eigenvalue weighted by Crippen LogP contribution is -2.07. The maximum atomic E-state index is 2.29. The van der Waals surface area contributed by atoms with E-state index in [1.807, 2.05) is 0 Å². The first-order valence-corrected chi connectivity index (χ1v) is 4.30. The molecule has 0 heterocycles. The van der Waals surface area contributed by atoms with Gasteiger partial charge in [-0.25, -0.2) is 0 Å². The number of benzene rings is 1. The van der Waals surface area contributed by atoms with Crippen LogP contribution in [0.4, 0.5) is 0 Å². The molecule has 0 aliphatic heterocycles. The van der Waals surface area contributed by atoms with Crippen LogP contribution in [0.1, 0.15) is 24.5 Å². The highest BCUT2D eigenvalue weighted by molar-refractivity contribution is 6.33. The first-order valence-electron chi connectivity index (χ1n) is 4.30. The van der Waals surface area contributed by atoms with E-state index in [2.05, 4.69) is 39.9 Å². The molecule has 58 valence electrons. The van der Waals surface area contributed by atoms with Gasteiger partial charge in [-0.3, -0.25) is 0 Å². The van der Waals surface area contributed by atoms with E-state index >= 15 is 0 Å². The van der Waals surface area contributed by atoms with Gasteiger partial charge in [0.25, 0.3) is 0 Å². The molecule has 0 N–H and O–H groups in total. The van der Waals surface area contributed by atoms with Gasteiger partial charge in [-0.1, -0.05) is 42.6 Å². The van der Waals surface area contributed by atoms with E-state index < -0.39 is 0 Å². The van der Waals surface area contributed by atoms with E-state index in [0.717, 1.165) is 0 Å². The highest BCUT2D eigenvalue weighted by Gasteiger charge is 1.93. The van der Waals surface area contributed by atoms with E-state index in [9.17, 15) is 0 Å². The zero-order valence-electron chi connectivity index (χ0n) is 7.65. The molecule has 0 spiro atoms. The van der Waals surface area contributed by atoms with E-state index in [0.29, 0.717) is 0 Å². The Labute approximate surface area is 70.0 Å². The van der Waals surface area contributed by atoms with Crippen molar-refractivity contribution in [1.82, 2.24) is 0 Å². The SMILES string of the molecule is Bc1cc(CCC)ccc1C. The molecule has 0 nitrogen and oxygen atoms in total. The largest absolute Gasteiger partial charge is 0.139 e. The van der Waals surface area contributed by atoms with Crippen LogP contribution in [0, 0.1) is 6.92 Å². The molecule has 0 unspecified atom stereocenters.